The topological polar surface area (TPSA) is 44.1 Å². The molecule has 0 aromatic rings. The van der Waals surface area contributed by atoms with Gasteiger partial charge in [0, 0.05) is 13.1 Å². The number of carbonyl (C=O) groups excluding carboxylic acids is 1. The van der Waals surface area contributed by atoms with Crippen molar-refractivity contribution >= 4 is 5.91 Å². The van der Waals surface area contributed by atoms with Crippen LogP contribution in [0.5, 0.6) is 0 Å². The minimum absolute atomic E-state index is 0.101. The average molecular weight is 234 g/mol. The first kappa shape index (κ1) is 12.4. The fourth-order valence-electron chi connectivity index (χ4n) is 2.83. The van der Waals surface area contributed by atoms with Gasteiger partial charge in [-0.1, -0.05) is 13.8 Å². The van der Waals surface area contributed by atoms with Crippen LogP contribution in [0.25, 0.3) is 0 Å². The predicted molar refractivity (Wildman–Crippen MR) is 66.1 cm³/mol. The van der Waals surface area contributed by atoms with E-state index in [1.165, 1.54) is 6.42 Å². The maximum atomic E-state index is 12.4. The summed E-state index contributed by atoms with van der Waals surface area (Å²) in [6.45, 7) is 6.20. The van der Waals surface area contributed by atoms with E-state index in [9.17, 15) is 10.1 Å². The van der Waals surface area contributed by atoms with Crippen molar-refractivity contribution in [2.24, 2.45) is 10.8 Å². The van der Waals surface area contributed by atoms with Crippen molar-refractivity contribution in [3.05, 3.63) is 0 Å². The minimum atomic E-state index is -0.658. The largest absolute Gasteiger partial charge is 0.341 e. The molecular formula is C14H22N2O. The molecule has 94 valence electrons. The van der Waals surface area contributed by atoms with Gasteiger partial charge in [-0.2, -0.15) is 5.26 Å². The van der Waals surface area contributed by atoms with Crippen LogP contribution in [-0.4, -0.2) is 23.9 Å². The minimum Gasteiger partial charge on any atom is -0.341 e. The first-order valence-corrected chi connectivity index (χ1v) is 6.70. The molecule has 1 saturated carbocycles. The Balaban J connectivity index is 2.03. The Labute approximate surface area is 104 Å². The Kier molecular flexibility index (Phi) is 3.16. The van der Waals surface area contributed by atoms with E-state index in [-0.39, 0.29) is 5.91 Å². The van der Waals surface area contributed by atoms with Crippen molar-refractivity contribution in [1.82, 2.24) is 4.90 Å². The molecule has 0 aromatic carbocycles. The summed E-state index contributed by atoms with van der Waals surface area (Å²) in [4.78, 5) is 14.3. The Morgan fingerprint density at radius 2 is 1.82 bits per heavy atom. The number of nitrogens with zero attached hydrogens (tertiary/aromatic N) is 2. The van der Waals surface area contributed by atoms with Gasteiger partial charge >= 0.3 is 0 Å². The lowest BCUT2D eigenvalue weighted by atomic mass is 9.69. The van der Waals surface area contributed by atoms with Gasteiger partial charge < -0.3 is 4.90 Å². The second kappa shape index (κ2) is 4.33. The van der Waals surface area contributed by atoms with Gasteiger partial charge in [0.15, 0.2) is 0 Å². The summed E-state index contributed by atoms with van der Waals surface area (Å²) in [6.07, 6.45) is 5.86. The molecule has 0 unspecified atom stereocenters. The molecular weight excluding hydrogens is 212 g/mol. The van der Waals surface area contributed by atoms with E-state index in [0.717, 1.165) is 45.2 Å². The molecule has 1 aliphatic heterocycles. The van der Waals surface area contributed by atoms with Crippen molar-refractivity contribution in [3.63, 3.8) is 0 Å². The van der Waals surface area contributed by atoms with Crippen molar-refractivity contribution in [1.29, 1.82) is 5.26 Å². The Hall–Kier alpha value is -1.04. The van der Waals surface area contributed by atoms with Crippen LogP contribution >= 0.6 is 0 Å². The SMILES string of the molecule is CC1(C)CCCN(C(=O)C2(C#N)CCC2)CC1. The van der Waals surface area contributed by atoms with E-state index in [0.29, 0.717) is 5.41 Å². The highest BCUT2D eigenvalue weighted by molar-refractivity contribution is 5.86. The maximum Gasteiger partial charge on any atom is 0.243 e. The molecule has 0 spiro atoms. The first-order chi connectivity index (χ1) is 7.99. The van der Waals surface area contributed by atoms with E-state index in [1.807, 2.05) is 4.90 Å². The van der Waals surface area contributed by atoms with Crippen LogP contribution in [0.3, 0.4) is 0 Å². The molecule has 2 rings (SSSR count). The molecule has 1 amide bonds. The molecule has 0 bridgehead atoms. The fourth-order valence-corrected chi connectivity index (χ4v) is 2.83. The van der Waals surface area contributed by atoms with Crippen LogP contribution in [0.4, 0.5) is 0 Å². The van der Waals surface area contributed by atoms with E-state index in [2.05, 4.69) is 19.9 Å². The van der Waals surface area contributed by atoms with Crippen LogP contribution in [-0.2, 0) is 4.79 Å². The molecule has 0 aromatic heterocycles. The third-order valence-electron chi connectivity index (χ3n) is 4.46. The third-order valence-corrected chi connectivity index (χ3v) is 4.46. The van der Waals surface area contributed by atoms with Crippen LogP contribution in [0, 0.1) is 22.2 Å². The summed E-state index contributed by atoms with van der Waals surface area (Å²) in [6, 6.07) is 2.26. The molecule has 1 heterocycles. The number of likely N-dealkylation sites (tertiary alicyclic amines) is 1. The van der Waals surface area contributed by atoms with Gasteiger partial charge in [-0.25, -0.2) is 0 Å². The number of hydrogen-bond acceptors (Lipinski definition) is 2. The van der Waals surface area contributed by atoms with Gasteiger partial charge in [-0.3, -0.25) is 4.79 Å². The van der Waals surface area contributed by atoms with Gasteiger partial charge in [0.2, 0.25) is 5.91 Å². The zero-order chi connectivity index (χ0) is 12.5. The quantitative estimate of drug-likeness (QED) is 0.700. The first-order valence-electron chi connectivity index (χ1n) is 6.70. The monoisotopic (exact) mass is 234 g/mol. The maximum absolute atomic E-state index is 12.4. The van der Waals surface area contributed by atoms with Crippen LogP contribution < -0.4 is 0 Å². The highest BCUT2D eigenvalue weighted by Crippen LogP contribution is 2.42. The average Bonchev–Trinajstić information content (AvgIpc) is 2.38. The molecule has 0 atom stereocenters. The molecule has 1 saturated heterocycles. The molecule has 0 N–H and O–H groups in total. The van der Waals surface area contributed by atoms with Crippen molar-refractivity contribution < 1.29 is 4.79 Å². The number of carbonyl (C=O) groups is 1. The Morgan fingerprint density at radius 1 is 1.12 bits per heavy atom. The van der Waals surface area contributed by atoms with Crippen molar-refractivity contribution in [2.45, 2.75) is 52.4 Å². The van der Waals surface area contributed by atoms with Gasteiger partial charge in [-0.05, 0) is 43.9 Å². The molecule has 3 heteroatoms. The van der Waals surface area contributed by atoms with Crippen molar-refractivity contribution in [3.8, 4) is 6.07 Å². The zero-order valence-electron chi connectivity index (χ0n) is 11.0. The van der Waals surface area contributed by atoms with Gasteiger partial charge in [0.25, 0.3) is 0 Å². The summed E-state index contributed by atoms with van der Waals surface area (Å²) in [7, 11) is 0. The van der Waals surface area contributed by atoms with Gasteiger partial charge in [0.05, 0.1) is 6.07 Å². The smallest absolute Gasteiger partial charge is 0.243 e. The molecule has 3 nitrogen and oxygen atoms in total. The molecule has 17 heavy (non-hydrogen) atoms. The Morgan fingerprint density at radius 3 is 2.35 bits per heavy atom. The van der Waals surface area contributed by atoms with Gasteiger partial charge in [0.1, 0.15) is 5.41 Å². The molecule has 2 aliphatic rings. The third kappa shape index (κ3) is 2.31. The predicted octanol–water partition coefficient (Wildman–Crippen LogP) is 2.72. The zero-order valence-corrected chi connectivity index (χ0v) is 11.0. The molecule has 2 fully saturated rings. The summed E-state index contributed by atoms with van der Waals surface area (Å²) in [5.41, 5.74) is -0.317. The van der Waals surface area contributed by atoms with E-state index >= 15 is 0 Å². The fraction of sp³-hybridized carbons (Fsp3) is 0.857. The van der Waals surface area contributed by atoms with E-state index in [1.54, 1.807) is 0 Å². The van der Waals surface area contributed by atoms with Crippen LogP contribution in [0.2, 0.25) is 0 Å². The number of amides is 1. The van der Waals surface area contributed by atoms with E-state index < -0.39 is 5.41 Å². The Bertz CT molecular complexity index is 350. The molecule has 0 radical (unpaired) electrons. The number of rotatable bonds is 1. The molecule has 1 aliphatic carbocycles. The summed E-state index contributed by atoms with van der Waals surface area (Å²) >= 11 is 0. The second-order valence-corrected chi connectivity index (χ2v) is 6.36. The normalized spacial score (nSPS) is 26.5. The lowest BCUT2D eigenvalue weighted by molar-refractivity contribution is -0.143. The second-order valence-electron chi connectivity index (χ2n) is 6.36. The van der Waals surface area contributed by atoms with Gasteiger partial charge in [-0.15, -0.1) is 0 Å². The number of nitriles is 1. The highest BCUT2D eigenvalue weighted by atomic mass is 16.2. The van der Waals surface area contributed by atoms with Crippen molar-refractivity contribution in [2.75, 3.05) is 13.1 Å². The lowest BCUT2D eigenvalue weighted by Gasteiger charge is -2.38. The standard InChI is InChI=1S/C14H22N2O/c1-13(2)5-4-9-16(10-8-13)12(17)14(11-15)6-3-7-14/h3-10H2,1-2H3. The summed E-state index contributed by atoms with van der Waals surface area (Å²) < 4.78 is 0. The van der Waals surface area contributed by atoms with E-state index in [4.69, 9.17) is 0 Å². The number of hydrogen-bond donors (Lipinski definition) is 0. The summed E-state index contributed by atoms with van der Waals surface area (Å²) in [5, 5.41) is 9.21. The van der Waals surface area contributed by atoms with Crippen LogP contribution in [0.1, 0.15) is 52.4 Å². The lowest BCUT2D eigenvalue weighted by Crippen LogP contribution is -2.47. The van der Waals surface area contributed by atoms with Crippen LogP contribution in [0.15, 0.2) is 0 Å². The highest BCUT2D eigenvalue weighted by Gasteiger charge is 2.47. The summed E-state index contributed by atoms with van der Waals surface area (Å²) in [5.74, 6) is 0.101.